The zero-order valence-corrected chi connectivity index (χ0v) is 6.31. The number of ether oxygens (including phenoxy) is 1. The maximum Gasteiger partial charge on any atom is 0.364 e. The first kappa shape index (κ1) is 6.84. The smallest absolute Gasteiger partial charge is 0.364 e. The largest absolute Gasteiger partial charge is 0.480 e. The highest BCUT2D eigenvalue weighted by Crippen LogP contribution is 2.03. The van der Waals surface area contributed by atoms with Gasteiger partial charge < -0.3 is 4.74 Å². The number of methoxy groups -OCH3 is 1. The minimum Gasteiger partial charge on any atom is -0.480 e. The Kier molecular flexibility index (Phi) is 1.33. The average molecular weight is 166 g/mol. The van der Waals surface area contributed by atoms with Crippen molar-refractivity contribution in [3.8, 4) is 5.88 Å². The summed E-state index contributed by atoms with van der Waals surface area (Å²) in [5.41, 5.74) is 0.102. The van der Waals surface area contributed by atoms with Crippen LogP contribution in [0.15, 0.2) is 16.9 Å². The molecule has 0 aromatic carbocycles. The van der Waals surface area contributed by atoms with Crippen LogP contribution in [0, 0.1) is 0 Å². The molecule has 2 rings (SSSR count). The third-order valence-electron chi connectivity index (χ3n) is 1.46. The predicted molar refractivity (Wildman–Crippen MR) is 40.2 cm³/mol. The number of rotatable bonds is 1. The fourth-order valence-corrected chi connectivity index (χ4v) is 0.895. The number of fused-ring (bicyclic) bond motifs is 1. The van der Waals surface area contributed by atoms with Gasteiger partial charge in [-0.3, -0.25) is 0 Å². The van der Waals surface area contributed by atoms with Crippen LogP contribution in [0.3, 0.4) is 0 Å². The summed E-state index contributed by atoms with van der Waals surface area (Å²) in [6, 6.07) is 3.28. The summed E-state index contributed by atoms with van der Waals surface area (Å²) in [5.74, 6) is 0.381. The van der Waals surface area contributed by atoms with Crippen LogP contribution in [-0.4, -0.2) is 26.9 Å². The molecule has 2 aromatic heterocycles. The maximum absolute atomic E-state index is 11.0. The molecule has 2 heterocycles. The van der Waals surface area contributed by atoms with Gasteiger partial charge in [0.15, 0.2) is 5.65 Å². The highest BCUT2D eigenvalue weighted by molar-refractivity contribution is 5.35. The van der Waals surface area contributed by atoms with E-state index in [-0.39, 0.29) is 5.69 Å². The summed E-state index contributed by atoms with van der Waals surface area (Å²) in [4.78, 5) is 11.0. The van der Waals surface area contributed by atoms with E-state index in [0.29, 0.717) is 11.5 Å². The van der Waals surface area contributed by atoms with Gasteiger partial charge in [0, 0.05) is 6.07 Å². The summed E-state index contributed by atoms with van der Waals surface area (Å²) < 4.78 is 5.97. The number of aromatic amines is 1. The molecule has 62 valence electrons. The summed E-state index contributed by atoms with van der Waals surface area (Å²) >= 11 is 0. The number of nitrogens with zero attached hydrogens (tertiary/aromatic N) is 3. The van der Waals surface area contributed by atoms with Gasteiger partial charge in [-0.1, -0.05) is 0 Å². The minimum absolute atomic E-state index is 0.371. The van der Waals surface area contributed by atoms with Crippen LogP contribution in [0.25, 0.3) is 5.65 Å². The second kappa shape index (κ2) is 2.33. The predicted octanol–water partition coefficient (Wildman–Crippen LogP) is -0.574. The van der Waals surface area contributed by atoms with E-state index in [1.165, 1.54) is 7.11 Å². The van der Waals surface area contributed by atoms with Crippen LogP contribution >= 0.6 is 0 Å². The van der Waals surface area contributed by atoms with Crippen LogP contribution in [0.2, 0.25) is 0 Å². The van der Waals surface area contributed by atoms with E-state index in [9.17, 15) is 4.79 Å². The topological polar surface area (TPSA) is 72.3 Å². The molecule has 0 saturated heterocycles. The second-order valence-corrected chi connectivity index (χ2v) is 2.17. The third kappa shape index (κ3) is 0.849. The average Bonchev–Trinajstić information content (AvgIpc) is 2.47. The Labute approximate surface area is 66.8 Å². The van der Waals surface area contributed by atoms with Crippen molar-refractivity contribution in [2.24, 2.45) is 0 Å². The van der Waals surface area contributed by atoms with Gasteiger partial charge in [-0.15, -0.1) is 5.10 Å². The number of aromatic nitrogens is 4. The first-order valence-corrected chi connectivity index (χ1v) is 3.30. The lowest BCUT2D eigenvalue weighted by molar-refractivity contribution is 0.389. The molecule has 0 spiro atoms. The van der Waals surface area contributed by atoms with Gasteiger partial charge in [0.2, 0.25) is 5.88 Å². The molecular weight excluding hydrogens is 160 g/mol. The molecule has 0 radical (unpaired) electrons. The molecule has 0 aliphatic rings. The van der Waals surface area contributed by atoms with Gasteiger partial charge in [-0.05, 0) is 6.07 Å². The quantitative estimate of drug-likeness (QED) is 0.615. The molecule has 0 aliphatic heterocycles. The second-order valence-electron chi connectivity index (χ2n) is 2.17. The Morgan fingerprint density at radius 1 is 1.58 bits per heavy atom. The van der Waals surface area contributed by atoms with E-state index in [2.05, 4.69) is 15.3 Å². The summed E-state index contributed by atoms with van der Waals surface area (Å²) in [7, 11) is 1.49. The van der Waals surface area contributed by atoms with Crippen molar-refractivity contribution in [2.75, 3.05) is 7.11 Å². The third-order valence-corrected chi connectivity index (χ3v) is 1.46. The Morgan fingerprint density at radius 2 is 2.42 bits per heavy atom. The van der Waals surface area contributed by atoms with Gasteiger partial charge in [-0.2, -0.15) is 9.61 Å². The van der Waals surface area contributed by atoms with E-state index in [1.807, 2.05) is 0 Å². The summed E-state index contributed by atoms with van der Waals surface area (Å²) in [6.07, 6.45) is 0. The Morgan fingerprint density at radius 3 is 3.17 bits per heavy atom. The van der Waals surface area contributed by atoms with E-state index in [4.69, 9.17) is 4.74 Å². The molecule has 0 bridgehead atoms. The first-order valence-electron chi connectivity index (χ1n) is 3.30. The molecule has 0 unspecified atom stereocenters. The Bertz CT molecular complexity index is 458. The van der Waals surface area contributed by atoms with Crippen LogP contribution in [0.4, 0.5) is 0 Å². The molecular formula is C6H6N4O2. The van der Waals surface area contributed by atoms with Crippen molar-refractivity contribution in [3.63, 3.8) is 0 Å². The van der Waals surface area contributed by atoms with Gasteiger partial charge in [0.1, 0.15) is 0 Å². The lowest BCUT2D eigenvalue weighted by Gasteiger charge is -1.95. The molecule has 6 heteroatoms. The SMILES string of the molecule is COc1ccc2n[nH]c(=O)n2n1. The van der Waals surface area contributed by atoms with E-state index in [0.717, 1.165) is 4.52 Å². The lowest BCUT2D eigenvalue weighted by atomic mass is 10.5. The minimum atomic E-state index is -0.371. The first-order chi connectivity index (χ1) is 5.81. The molecule has 0 fully saturated rings. The highest BCUT2D eigenvalue weighted by Gasteiger charge is 2.01. The van der Waals surface area contributed by atoms with Crippen LogP contribution in [0.1, 0.15) is 0 Å². The van der Waals surface area contributed by atoms with Gasteiger partial charge in [0.25, 0.3) is 0 Å². The zero-order valence-electron chi connectivity index (χ0n) is 6.31. The lowest BCUT2D eigenvalue weighted by Crippen LogP contribution is -2.12. The monoisotopic (exact) mass is 166 g/mol. The molecule has 0 aliphatic carbocycles. The van der Waals surface area contributed by atoms with E-state index < -0.39 is 0 Å². The summed E-state index contributed by atoms with van der Waals surface area (Å²) in [5, 5.41) is 9.81. The van der Waals surface area contributed by atoms with Gasteiger partial charge in [0.05, 0.1) is 7.11 Å². The highest BCUT2D eigenvalue weighted by atomic mass is 16.5. The van der Waals surface area contributed by atoms with Crippen molar-refractivity contribution >= 4 is 5.65 Å². The molecule has 0 atom stereocenters. The standard InChI is InChI=1S/C6H6N4O2/c1-12-5-3-2-4-7-8-6(11)10(4)9-5/h2-3H,1H3,(H,8,11). The van der Waals surface area contributed by atoms with E-state index >= 15 is 0 Å². The van der Waals surface area contributed by atoms with Gasteiger partial charge >= 0.3 is 5.69 Å². The number of hydrogen-bond donors (Lipinski definition) is 1. The number of H-pyrrole nitrogens is 1. The molecule has 1 N–H and O–H groups in total. The molecule has 0 amide bonds. The van der Waals surface area contributed by atoms with Crippen LogP contribution in [0.5, 0.6) is 5.88 Å². The Balaban J connectivity index is 2.80. The molecule has 0 saturated carbocycles. The van der Waals surface area contributed by atoms with Crippen molar-refractivity contribution in [2.45, 2.75) is 0 Å². The van der Waals surface area contributed by atoms with Crippen molar-refractivity contribution < 1.29 is 4.74 Å². The molecule has 12 heavy (non-hydrogen) atoms. The van der Waals surface area contributed by atoms with Crippen LogP contribution < -0.4 is 10.4 Å². The van der Waals surface area contributed by atoms with E-state index in [1.54, 1.807) is 12.1 Å². The van der Waals surface area contributed by atoms with Crippen molar-refractivity contribution in [1.82, 2.24) is 19.8 Å². The van der Waals surface area contributed by atoms with Crippen LogP contribution in [-0.2, 0) is 0 Å². The maximum atomic E-state index is 11.0. The zero-order chi connectivity index (χ0) is 8.55. The molecule has 6 nitrogen and oxygen atoms in total. The molecule has 2 aromatic rings. The fourth-order valence-electron chi connectivity index (χ4n) is 0.895. The number of nitrogens with one attached hydrogen (secondary N) is 1. The normalized spacial score (nSPS) is 10.4. The Hall–Kier alpha value is -1.85. The van der Waals surface area contributed by atoms with Crippen molar-refractivity contribution in [1.29, 1.82) is 0 Å². The fraction of sp³-hybridized carbons (Fsp3) is 0.167. The van der Waals surface area contributed by atoms with Crippen molar-refractivity contribution in [3.05, 3.63) is 22.6 Å². The summed E-state index contributed by atoms with van der Waals surface area (Å²) in [6.45, 7) is 0. The van der Waals surface area contributed by atoms with Gasteiger partial charge in [-0.25, -0.2) is 9.89 Å². The number of hydrogen-bond acceptors (Lipinski definition) is 4.